The number of esters is 1. The number of ketones is 1. The second kappa shape index (κ2) is 6.94. The van der Waals surface area contributed by atoms with Crippen molar-refractivity contribution < 1.29 is 19.1 Å². The highest BCUT2D eigenvalue weighted by molar-refractivity contribution is 6.31. The Labute approximate surface area is 130 Å². The number of ether oxygens (including phenoxy) is 2. The highest BCUT2D eigenvalue weighted by atomic mass is 35.5. The van der Waals surface area contributed by atoms with E-state index in [0.717, 1.165) is 0 Å². The standard InChI is InChI=1S/C16H21ClO4/c1-6-13(18)12-9-11(17)7-8-14(12)20-10(2)15(19)21-16(3,4)5/h7-10H,6H2,1-5H3/t10-/m0/s1. The first-order chi connectivity index (χ1) is 9.64. The van der Waals surface area contributed by atoms with Crippen molar-refractivity contribution >= 4 is 23.4 Å². The molecule has 0 amide bonds. The van der Waals surface area contributed by atoms with E-state index in [9.17, 15) is 9.59 Å². The molecule has 0 aliphatic rings. The fraction of sp³-hybridized carbons (Fsp3) is 0.500. The maximum atomic E-state index is 11.9. The minimum Gasteiger partial charge on any atom is -0.478 e. The van der Waals surface area contributed by atoms with Crippen LogP contribution in [0.2, 0.25) is 5.02 Å². The van der Waals surface area contributed by atoms with Gasteiger partial charge in [-0.3, -0.25) is 4.79 Å². The molecule has 0 saturated heterocycles. The van der Waals surface area contributed by atoms with Crippen LogP contribution >= 0.6 is 11.6 Å². The van der Waals surface area contributed by atoms with Crippen LogP contribution in [0, 0.1) is 0 Å². The van der Waals surface area contributed by atoms with Crippen LogP contribution in [0.1, 0.15) is 51.4 Å². The van der Waals surface area contributed by atoms with E-state index in [2.05, 4.69) is 0 Å². The molecule has 116 valence electrons. The van der Waals surface area contributed by atoms with Crippen LogP contribution in [0.5, 0.6) is 5.75 Å². The molecule has 0 heterocycles. The van der Waals surface area contributed by atoms with Crippen molar-refractivity contribution in [1.82, 2.24) is 0 Å². The van der Waals surface area contributed by atoms with E-state index < -0.39 is 17.7 Å². The molecule has 1 aromatic carbocycles. The summed E-state index contributed by atoms with van der Waals surface area (Å²) in [4.78, 5) is 23.8. The van der Waals surface area contributed by atoms with Gasteiger partial charge in [-0.2, -0.15) is 0 Å². The van der Waals surface area contributed by atoms with Crippen molar-refractivity contribution in [2.24, 2.45) is 0 Å². The lowest BCUT2D eigenvalue weighted by molar-refractivity contribution is -0.162. The molecule has 21 heavy (non-hydrogen) atoms. The van der Waals surface area contributed by atoms with Crippen LogP contribution in [-0.2, 0) is 9.53 Å². The number of carbonyl (C=O) groups is 2. The molecular weight excluding hydrogens is 292 g/mol. The topological polar surface area (TPSA) is 52.6 Å². The number of hydrogen-bond donors (Lipinski definition) is 0. The number of benzene rings is 1. The summed E-state index contributed by atoms with van der Waals surface area (Å²) in [5.41, 5.74) is -0.211. The monoisotopic (exact) mass is 312 g/mol. The zero-order valence-corrected chi connectivity index (χ0v) is 13.8. The third-order valence-corrected chi connectivity index (χ3v) is 2.84. The van der Waals surface area contributed by atoms with Crippen LogP contribution in [0.25, 0.3) is 0 Å². The average molecular weight is 313 g/mol. The molecule has 1 aromatic rings. The van der Waals surface area contributed by atoms with Gasteiger partial charge < -0.3 is 9.47 Å². The summed E-state index contributed by atoms with van der Waals surface area (Å²) in [5, 5.41) is 0.448. The van der Waals surface area contributed by atoms with Gasteiger partial charge in [-0.15, -0.1) is 0 Å². The van der Waals surface area contributed by atoms with E-state index in [1.807, 2.05) is 0 Å². The number of carbonyl (C=O) groups excluding carboxylic acids is 2. The quantitative estimate of drug-likeness (QED) is 0.608. The van der Waals surface area contributed by atoms with Crippen LogP contribution < -0.4 is 4.74 Å². The van der Waals surface area contributed by atoms with Gasteiger partial charge in [0.05, 0.1) is 5.56 Å². The summed E-state index contributed by atoms with van der Waals surface area (Å²) < 4.78 is 10.8. The minimum atomic E-state index is -0.811. The molecular formula is C16H21ClO4. The van der Waals surface area contributed by atoms with Gasteiger partial charge in [0.25, 0.3) is 0 Å². The molecule has 0 aliphatic heterocycles. The number of Topliss-reactive ketones (excluding diaryl/α,β-unsaturated/α-hetero) is 1. The van der Waals surface area contributed by atoms with Crippen molar-refractivity contribution in [3.05, 3.63) is 28.8 Å². The van der Waals surface area contributed by atoms with Gasteiger partial charge >= 0.3 is 5.97 Å². The van der Waals surface area contributed by atoms with Crippen LogP contribution in [-0.4, -0.2) is 23.5 Å². The second-order valence-corrected chi connectivity index (χ2v) is 6.15. The maximum absolute atomic E-state index is 11.9. The molecule has 0 spiro atoms. The molecule has 1 atom stereocenters. The molecule has 0 saturated carbocycles. The Morgan fingerprint density at radius 2 is 1.90 bits per heavy atom. The fourth-order valence-electron chi connectivity index (χ4n) is 1.64. The molecule has 0 unspecified atom stereocenters. The molecule has 0 N–H and O–H groups in total. The largest absolute Gasteiger partial charge is 0.478 e. The van der Waals surface area contributed by atoms with Gasteiger partial charge in [-0.1, -0.05) is 18.5 Å². The molecule has 0 aliphatic carbocycles. The Morgan fingerprint density at radius 3 is 2.43 bits per heavy atom. The summed E-state index contributed by atoms with van der Waals surface area (Å²) in [5.74, 6) is -0.235. The van der Waals surface area contributed by atoms with Crippen LogP contribution in [0.3, 0.4) is 0 Å². The van der Waals surface area contributed by atoms with Crippen LogP contribution in [0.15, 0.2) is 18.2 Å². The summed E-state index contributed by atoms with van der Waals surface area (Å²) in [6.07, 6.45) is -0.480. The third kappa shape index (κ3) is 5.38. The Hall–Kier alpha value is -1.55. The number of rotatable bonds is 5. The summed E-state index contributed by atoms with van der Waals surface area (Å²) >= 11 is 5.90. The lowest BCUT2D eigenvalue weighted by Gasteiger charge is -2.23. The van der Waals surface area contributed by atoms with E-state index in [-0.39, 0.29) is 5.78 Å². The van der Waals surface area contributed by atoms with Gasteiger partial charge in [-0.25, -0.2) is 4.79 Å². The summed E-state index contributed by atoms with van der Waals surface area (Å²) in [6.45, 7) is 8.69. The zero-order chi connectivity index (χ0) is 16.2. The van der Waals surface area contributed by atoms with Crippen LogP contribution in [0.4, 0.5) is 0 Å². The molecule has 5 heteroatoms. The van der Waals surface area contributed by atoms with E-state index in [0.29, 0.717) is 22.8 Å². The normalized spacial score (nSPS) is 12.7. The second-order valence-electron chi connectivity index (χ2n) is 5.71. The highest BCUT2D eigenvalue weighted by Gasteiger charge is 2.24. The molecule has 0 bridgehead atoms. The fourth-order valence-corrected chi connectivity index (χ4v) is 1.81. The van der Waals surface area contributed by atoms with Crippen molar-refractivity contribution in [3.63, 3.8) is 0 Å². The first-order valence-corrected chi connectivity index (χ1v) is 7.24. The maximum Gasteiger partial charge on any atom is 0.347 e. The third-order valence-electron chi connectivity index (χ3n) is 2.61. The van der Waals surface area contributed by atoms with Crippen molar-refractivity contribution in [2.45, 2.75) is 52.7 Å². The molecule has 0 aromatic heterocycles. The molecule has 1 rings (SSSR count). The minimum absolute atomic E-state index is 0.0936. The highest BCUT2D eigenvalue weighted by Crippen LogP contribution is 2.25. The lowest BCUT2D eigenvalue weighted by atomic mass is 10.1. The summed E-state index contributed by atoms with van der Waals surface area (Å²) in [6, 6.07) is 4.75. The van der Waals surface area contributed by atoms with Gasteiger partial charge in [-0.05, 0) is 45.9 Å². The van der Waals surface area contributed by atoms with Gasteiger partial charge in [0.2, 0.25) is 0 Å². The Morgan fingerprint density at radius 1 is 1.29 bits per heavy atom. The van der Waals surface area contributed by atoms with Gasteiger partial charge in [0.1, 0.15) is 11.4 Å². The van der Waals surface area contributed by atoms with E-state index in [1.54, 1.807) is 52.8 Å². The average Bonchev–Trinajstić information content (AvgIpc) is 2.37. The van der Waals surface area contributed by atoms with Crippen molar-refractivity contribution in [2.75, 3.05) is 0 Å². The SMILES string of the molecule is CCC(=O)c1cc(Cl)ccc1O[C@@H](C)C(=O)OC(C)(C)C. The Kier molecular flexibility index (Phi) is 5.78. The van der Waals surface area contributed by atoms with Gasteiger partial charge in [0, 0.05) is 11.4 Å². The van der Waals surface area contributed by atoms with Gasteiger partial charge in [0.15, 0.2) is 11.9 Å². The summed E-state index contributed by atoms with van der Waals surface area (Å²) in [7, 11) is 0. The predicted octanol–water partition coefficient (Wildman–Crippen LogP) is 4.04. The number of halogens is 1. The molecule has 0 radical (unpaired) electrons. The van der Waals surface area contributed by atoms with E-state index in [4.69, 9.17) is 21.1 Å². The molecule has 4 nitrogen and oxygen atoms in total. The van der Waals surface area contributed by atoms with E-state index >= 15 is 0 Å². The Balaban J connectivity index is 2.92. The first kappa shape index (κ1) is 17.5. The number of hydrogen-bond acceptors (Lipinski definition) is 4. The lowest BCUT2D eigenvalue weighted by Crippen LogP contribution is -2.33. The van der Waals surface area contributed by atoms with Crippen molar-refractivity contribution in [1.29, 1.82) is 0 Å². The predicted molar refractivity (Wildman–Crippen MR) is 82.0 cm³/mol. The zero-order valence-electron chi connectivity index (χ0n) is 13.0. The molecule has 0 fully saturated rings. The van der Waals surface area contributed by atoms with Crippen molar-refractivity contribution in [3.8, 4) is 5.75 Å². The first-order valence-electron chi connectivity index (χ1n) is 6.86. The Bertz CT molecular complexity index is 532. The smallest absolute Gasteiger partial charge is 0.347 e. The van der Waals surface area contributed by atoms with E-state index in [1.165, 1.54) is 0 Å².